The number of aryl methyl sites for hydroxylation is 2. The van der Waals surface area contributed by atoms with Gasteiger partial charge in [-0.25, -0.2) is 9.97 Å². The van der Waals surface area contributed by atoms with Gasteiger partial charge in [-0.3, -0.25) is 0 Å². The Hall–Kier alpha value is -1.16. The van der Waals surface area contributed by atoms with E-state index >= 15 is 0 Å². The van der Waals surface area contributed by atoms with E-state index in [4.69, 9.17) is 5.73 Å². The Morgan fingerprint density at radius 2 is 2.23 bits per heavy atom. The predicted octanol–water partition coefficient (Wildman–Crippen LogP) is 2.14. The molecule has 2 N–H and O–H groups in total. The summed E-state index contributed by atoms with van der Waals surface area (Å²) in [4.78, 5) is 9.76. The molecule has 0 aromatic carbocycles. The van der Waals surface area contributed by atoms with Crippen molar-refractivity contribution in [3.8, 4) is 0 Å². The summed E-state index contributed by atoms with van der Waals surface area (Å²) in [6, 6.07) is 2.09. The third-order valence-electron chi connectivity index (χ3n) is 1.91. The van der Waals surface area contributed by atoms with E-state index in [1.165, 1.54) is 4.88 Å². The van der Waals surface area contributed by atoms with Crippen molar-refractivity contribution >= 4 is 27.4 Å². The Labute approximate surface area is 80.6 Å². The highest BCUT2D eigenvalue weighted by Gasteiger charge is 2.06. The molecule has 0 fully saturated rings. The lowest BCUT2D eigenvalue weighted by Crippen LogP contribution is -1.94. The monoisotopic (exact) mass is 193 g/mol. The van der Waals surface area contributed by atoms with Gasteiger partial charge in [0.15, 0.2) is 0 Å². The first kappa shape index (κ1) is 8.44. The molecule has 0 atom stereocenters. The molecule has 0 spiro atoms. The Morgan fingerprint density at radius 3 is 2.92 bits per heavy atom. The van der Waals surface area contributed by atoms with Gasteiger partial charge in [-0.2, -0.15) is 0 Å². The summed E-state index contributed by atoms with van der Waals surface area (Å²) in [6.07, 6.45) is 1.03. The standard InChI is InChI=1S/C9H11N3S/c1-3-6-4-7-8(13-6)9(10)12-5(2)11-7/h4H,3H2,1-2H3,(H2,10,11,12). The van der Waals surface area contributed by atoms with E-state index in [1.54, 1.807) is 11.3 Å². The largest absolute Gasteiger partial charge is 0.382 e. The summed E-state index contributed by atoms with van der Waals surface area (Å²) < 4.78 is 1.02. The van der Waals surface area contributed by atoms with E-state index in [0.717, 1.165) is 22.5 Å². The molecule has 0 aliphatic rings. The highest BCUT2D eigenvalue weighted by Crippen LogP contribution is 2.28. The predicted molar refractivity (Wildman–Crippen MR) is 55.9 cm³/mol. The summed E-state index contributed by atoms with van der Waals surface area (Å²) in [6.45, 7) is 3.99. The van der Waals surface area contributed by atoms with Gasteiger partial charge in [0.1, 0.15) is 11.6 Å². The van der Waals surface area contributed by atoms with Crippen LogP contribution in [-0.2, 0) is 6.42 Å². The van der Waals surface area contributed by atoms with Gasteiger partial charge >= 0.3 is 0 Å². The number of nitrogen functional groups attached to an aromatic ring is 1. The SMILES string of the molecule is CCc1cc2nc(C)nc(N)c2s1. The first-order valence-corrected chi connectivity index (χ1v) is 5.05. The van der Waals surface area contributed by atoms with Crippen LogP contribution in [0.1, 0.15) is 17.6 Å². The fraction of sp³-hybridized carbons (Fsp3) is 0.333. The molecule has 0 radical (unpaired) electrons. The van der Waals surface area contributed by atoms with Crippen LogP contribution in [0.2, 0.25) is 0 Å². The van der Waals surface area contributed by atoms with E-state index in [2.05, 4.69) is 23.0 Å². The number of hydrogen-bond donors (Lipinski definition) is 1. The summed E-state index contributed by atoms with van der Waals surface area (Å²) in [5.41, 5.74) is 6.76. The van der Waals surface area contributed by atoms with Crippen LogP contribution in [0.5, 0.6) is 0 Å². The van der Waals surface area contributed by atoms with Crippen molar-refractivity contribution in [2.24, 2.45) is 0 Å². The first-order valence-electron chi connectivity index (χ1n) is 4.23. The average Bonchev–Trinajstić information content (AvgIpc) is 2.47. The molecular weight excluding hydrogens is 182 g/mol. The fourth-order valence-corrected chi connectivity index (χ4v) is 2.23. The Morgan fingerprint density at radius 1 is 1.46 bits per heavy atom. The second kappa shape index (κ2) is 2.96. The quantitative estimate of drug-likeness (QED) is 0.755. The summed E-state index contributed by atoms with van der Waals surface area (Å²) in [7, 11) is 0. The fourth-order valence-electron chi connectivity index (χ4n) is 1.30. The van der Waals surface area contributed by atoms with Gasteiger partial charge in [0.2, 0.25) is 0 Å². The number of anilines is 1. The number of nitrogens with zero attached hydrogens (tertiary/aromatic N) is 2. The van der Waals surface area contributed by atoms with Crippen molar-refractivity contribution in [1.29, 1.82) is 0 Å². The van der Waals surface area contributed by atoms with Crippen molar-refractivity contribution < 1.29 is 0 Å². The number of rotatable bonds is 1. The van der Waals surface area contributed by atoms with Gasteiger partial charge in [0.25, 0.3) is 0 Å². The van der Waals surface area contributed by atoms with Crippen molar-refractivity contribution in [3.63, 3.8) is 0 Å². The zero-order chi connectivity index (χ0) is 9.42. The van der Waals surface area contributed by atoms with Gasteiger partial charge in [-0.05, 0) is 19.4 Å². The Balaban J connectivity index is 2.75. The van der Waals surface area contributed by atoms with Crippen LogP contribution in [0.15, 0.2) is 6.07 Å². The smallest absolute Gasteiger partial charge is 0.145 e. The van der Waals surface area contributed by atoms with Crippen LogP contribution in [0.25, 0.3) is 10.2 Å². The van der Waals surface area contributed by atoms with E-state index in [1.807, 2.05) is 6.92 Å². The number of fused-ring (bicyclic) bond motifs is 1. The third-order valence-corrected chi connectivity index (χ3v) is 3.20. The molecular formula is C9H11N3S. The van der Waals surface area contributed by atoms with Crippen LogP contribution in [0.3, 0.4) is 0 Å². The Kier molecular flexibility index (Phi) is 1.92. The average molecular weight is 193 g/mol. The molecule has 2 aromatic rings. The van der Waals surface area contributed by atoms with Crippen LogP contribution >= 0.6 is 11.3 Å². The normalized spacial score (nSPS) is 10.9. The molecule has 2 aromatic heterocycles. The minimum absolute atomic E-state index is 0.604. The van der Waals surface area contributed by atoms with Crippen LogP contribution < -0.4 is 5.73 Å². The number of nitrogens with two attached hydrogens (primary N) is 1. The van der Waals surface area contributed by atoms with Gasteiger partial charge in [0.05, 0.1) is 10.2 Å². The van der Waals surface area contributed by atoms with Crippen molar-refractivity contribution in [2.45, 2.75) is 20.3 Å². The molecule has 2 rings (SSSR count). The molecule has 0 aliphatic heterocycles. The Bertz CT molecular complexity index is 447. The van der Waals surface area contributed by atoms with Crippen LogP contribution in [0, 0.1) is 6.92 Å². The molecule has 0 saturated heterocycles. The lowest BCUT2D eigenvalue weighted by atomic mass is 10.3. The molecule has 4 heteroatoms. The number of hydrogen-bond acceptors (Lipinski definition) is 4. The molecule has 3 nitrogen and oxygen atoms in total. The second-order valence-electron chi connectivity index (χ2n) is 2.94. The molecule has 0 saturated carbocycles. The maximum atomic E-state index is 5.78. The van der Waals surface area contributed by atoms with Crippen LogP contribution in [-0.4, -0.2) is 9.97 Å². The summed E-state index contributed by atoms with van der Waals surface area (Å²) >= 11 is 1.68. The zero-order valence-corrected chi connectivity index (χ0v) is 8.48. The van der Waals surface area contributed by atoms with E-state index in [0.29, 0.717) is 5.82 Å². The highest BCUT2D eigenvalue weighted by molar-refractivity contribution is 7.19. The van der Waals surface area contributed by atoms with Gasteiger partial charge in [-0.15, -0.1) is 11.3 Å². The molecule has 0 aliphatic carbocycles. The summed E-state index contributed by atoms with van der Waals surface area (Å²) in [5.74, 6) is 1.35. The van der Waals surface area contributed by atoms with Gasteiger partial charge < -0.3 is 5.73 Å². The van der Waals surface area contributed by atoms with Gasteiger partial charge in [0, 0.05) is 4.88 Å². The molecule has 0 amide bonds. The second-order valence-corrected chi connectivity index (χ2v) is 4.07. The van der Waals surface area contributed by atoms with E-state index in [9.17, 15) is 0 Å². The zero-order valence-electron chi connectivity index (χ0n) is 7.66. The maximum Gasteiger partial charge on any atom is 0.145 e. The number of thiophene rings is 1. The van der Waals surface area contributed by atoms with Gasteiger partial charge in [-0.1, -0.05) is 6.92 Å². The molecule has 68 valence electrons. The van der Waals surface area contributed by atoms with E-state index < -0.39 is 0 Å². The lowest BCUT2D eigenvalue weighted by Gasteiger charge is -1.95. The minimum Gasteiger partial charge on any atom is -0.382 e. The molecule has 0 unspecified atom stereocenters. The first-order chi connectivity index (χ1) is 6.20. The summed E-state index contributed by atoms with van der Waals surface area (Å²) in [5, 5.41) is 0. The van der Waals surface area contributed by atoms with Crippen molar-refractivity contribution in [3.05, 3.63) is 16.8 Å². The number of aromatic nitrogens is 2. The third kappa shape index (κ3) is 1.37. The van der Waals surface area contributed by atoms with Crippen molar-refractivity contribution in [1.82, 2.24) is 9.97 Å². The van der Waals surface area contributed by atoms with E-state index in [-0.39, 0.29) is 0 Å². The lowest BCUT2D eigenvalue weighted by molar-refractivity contribution is 1.10. The molecule has 13 heavy (non-hydrogen) atoms. The molecule has 0 bridgehead atoms. The maximum absolute atomic E-state index is 5.78. The topological polar surface area (TPSA) is 51.8 Å². The highest BCUT2D eigenvalue weighted by atomic mass is 32.1. The van der Waals surface area contributed by atoms with Crippen molar-refractivity contribution in [2.75, 3.05) is 5.73 Å². The van der Waals surface area contributed by atoms with Crippen LogP contribution in [0.4, 0.5) is 5.82 Å². The molecule has 2 heterocycles. The minimum atomic E-state index is 0.604.